The molecule has 1 aliphatic heterocycles. The van der Waals surface area contributed by atoms with Gasteiger partial charge in [-0.15, -0.1) is 5.10 Å². The molecule has 3 heterocycles. The van der Waals surface area contributed by atoms with Crippen molar-refractivity contribution in [1.29, 1.82) is 0 Å². The number of benzene rings is 1. The lowest BCUT2D eigenvalue weighted by Gasteiger charge is -2.38. The number of hydrogen-bond donors (Lipinski definition) is 1. The van der Waals surface area contributed by atoms with Crippen molar-refractivity contribution in [2.45, 2.75) is 33.4 Å². The molecule has 2 aromatic heterocycles. The average Bonchev–Trinajstić information content (AvgIpc) is 3.04. The zero-order valence-corrected chi connectivity index (χ0v) is 15.7. The van der Waals surface area contributed by atoms with E-state index in [-0.39, 0.29) is 22.8 Å². The Kier molecular flexibility index (Phi) is 3.95. The second kappa shape index (κ2) is 6.12. The summed E-state index contributed by atoms with van der Waals surface area (Å²) >= 11 is 0. The summed E-state index contributed by atoms with van der Waals surface area (Å²) in [6, 6.07) is 7.07. The molecule has 28 heavy (non-hydrogen) atoms. The van der Waals surface area contributed by atoms with E-state index in [0.717, 1.165) is 0 Å². The van der Waals surface area contributed by atoms with Gasteiger partial charge in [0, 0.05) is 17.8 Å². The van der Waals surface area contributed by atoms with Gasteiger partial charge in [0.1, 0.15) is 22.8 Å². The van der Waals surface area contributed by atoms with Crippen LogP contribution < -0.4 is 5.43 Å². The number of carboxylic acids is 1. The highest BCUT2D eigenvalue weighted by Crippen LogP contribution is 2.41. The Morgan fingerprint density at radius 3 is 2.54 bits per heavy atom. The first-order valence-electron chi connectivity index (χ1n) is 8.86. The largest absolute Gasteiger partial charge is 0.477 e. The summed E-state index contributed by atoms with van der Waals surface area (Å²) in [6.45, 7) is 6.61. The van der Waals surface area contributed by atoms with Crippen LogP contribution in [0.15, 0.2) is 41.3 Å². The Labute approximate surface area is 160 Å². The number of hydrogen-bond acceptors (Lipinski definition) is 4. The average molecular weight is 382 g/mol. The van der Waals surface area contributed by atoms with Crippen molar-refractivity contribution in [3.05, 3.63) is 58.1 Å². The van der Waals surface area contributed by atoms with Gasteiger partial charge < -0.3 is 9.67 Å². The van der Waals surface area contributed by atoms with E-state index in [4.69, 9.17) is 0 Å². The summed E-state index contributed by atoms with van der Waals surface area (Å²) in [4.78, 5) is 23.9. The number of aromatic nitrogens is 4. The number of fused-ring (bicyclic) bond motifs is 3. The smallest absolute Gasteiger partial charge is 0.341 e. The summed E-state index contributed by atoms with van der Waals surface area (Å²) in [7, 11) is 0. The number of aromatic carboxylic acids is 1. The third kappa shape index (κ3) is 2.81. The highest BCUT2D eigenvalue weighted by Gasteiger charge is 2.36. The molecule has 1 aromatic carbocycles. The van der Waals surface area contributed by atoms with Gasteiger partial charge in [-0.2, -0.15) is 0 Å². The molecule has 7 nitrogen and oxygen atoms in total. The molecular weight excluding hydrogens is 363 g/mol. The first-order chi connectivity index (χ1) is 13.2. The molecule has 0 bridgehead atoms. The molecule has 1 N–H and O–H groups in total. The van der Waals surface area contributed by atoms with Gasteiger partial charge in [0.25, 0.3) is 0 Å². The Bertz CT molecular complexity index is 1140. The van der Waals surface area contributed by atoms with E-state index < -0.39 is 11.4 Å². The third-order valence-corrected chi connectivity index (χ3v) is 5.09. The van der Waals surface area contributed by atoms with E-state index >= 15 is 0 Å². The number of halogens is 1. The molecule has 144 valence electrons. The monoisotopic (exact) mass is 382 g/mol. The SMILES string of the molecule is CC(C)(C)[C@@H]1Cn2nnc(-c3ccc(F)cc3)c2-c2cc(=O)c(C(=O)O)cn21. The minimum absolute atomic E-state index is 0.128. The minimum atomic E-state index is -1.26. The van der Waals surface area contributed by atoms with E-state index in [2.05, 4.69) is 10.3 Å². The lowest BCUT2D eigenvalue weighted by Crippen LogP contribution is -2.35. The van der Waals surface area contributed by atoms with Crippen LogP contribution >= 0.6 is 0 Å². The van der Waals surface area contributed by atoms with Gasteiger partial charge in [0.2, 0.25) is 0 Å². The van der Waals surface area contributed by atoms with Crippen LogP contribution in [0.5, 0.6) is 0 Å². The standard InChI is InChI=1S/C20H19FN4O3/c1-20(2,3)16-10-25-18(14-8-15(26)13(19(27)28)9-24(14)16)17(22-23-25)11-4-6-12(21)7-5-11/h4-9,16H,10H2,1-3H3,(H,27,28)/t16-/m0/s1. The molecule has 0 saturated carbocycles. The molecular formula is C20H19FN4O3. The second-order valence-electron chi connectivity index (χ2n) is 8.01. The molecule has 8 heteroatoms. The van der Waals surface area contributed by atoms with Crippen LogP contribution in [0.3, 0.4) is 0 Å². The Morgan fingerprint density at radius 1 is 1.25 bits per heavy atom. The molecule has 0 radical (unpaired) electrons. The lowest BCUT2D eigenvalue weighted by molar-refractivity contribution is 0.0693. The van der Waals surface area contributed by atoms with Crippen molar-refractivity contribution in [2.75, 3.05) is 0 Å². The van der Waals surface area contributed by atoms with Gasteiger partial charge in [-0.25, -0.2) is 13.9 Å². The minimum Gasteiger partial charge on any atom is -0.477 e. The van der Waals surface area contributed by atoms with Gasteiger partial charge in [-0.3, -0.25) is 4.79 Å². The van der Waals surface area contributed by atoms with Gasteiger partial charge >= 0.3 is 5.97 Å². The van der Waals surface area contributed by atoms with Gasteiger partial charge in [0.05, 0.1) is 18.3 Å². The highest BCUT2D eigenvalue weighted by atomic mass is 19.1. The summed E-state index contributed by atoms with van der Waals surface area (Å²) < 4.78 is 16.9. The summed E-state index contributed by atoms with van der Waals surface area (Å²) in [5.74, 6) is -1.62. The topological polar surface area (TPSA) is 90.0 Å². The first-order valence-corrected chi connectivity index (χ1v) is 8.86. The fraction of sp³-hybridized carbons (Fsp3) is 0.300. The summed E-state index contributed by atoms with van der Waals surface area (Å²) in [5.41, 5.74) is 1.26. The van der Waals surface area contributed by atoms with Crippen LogP contribution in [0.2, 0.25) is 0 Å². The van der Waals surface area contributed by atoms with E-state index in [0.29, 0.717) is 29.2 Å². The molecule has 0 spiro atoms. The van der Waals surface area contributed by atoms with Crippen molar-refractivity contribution in [3.63, 3.8) is 0 Å². The Balaban J connectivity index is 2.00. The molecule has 0 fully saturated rings. The van der Waals surface area contributed by atoms with Crippen molar-refractivity contribution in [1.82, 2.24) is 19.6 Å². The second-order valence-corrected chi connectivity index (χ2v) is 8.01. The van der Waals surface area contributed by atoms with Gasteiger partial charge in [0.15, 0.2) is 5.43 Å². The molecule has 1 aliphatic rings. The van der Waals surface area contributed by atoms with Crippen LogP contribution in [-0.2, 0) is 6.54 Å². The van der Waals surface area contributed by atoms with Crippen molar-refractivity contribution >= 4 is 5.97 Å². The highest BCUT2D eigenvalue weighted by molar-refractivity contribution is 5.88. The maximum absolute atomic E-state index is 13.3. The van der Waals surface area contributed by atoms with Gasteiger partial charge in [-0.05, 0) is 29.7 Å². The number of rotatable bonds is 2. The zero-order chi connectivity index (χ0) is 20.2. The van der Waals surface area contributed by atoms with E-state index in [1.54, 1.807) is 16.8 Å². The summed E-state index contributed by atoms with van der Waals surface area (Å²) in [5, 5.41) is 17.9. The predicted molar refractivity (Wildman–Crippen MR) is 101 cm³/mol. The fourth-order valence-corrected chi connectivity index (χ4v) is 3.60. The first kappa shape index (κ1) is 18.1. The van der Waals surface area contributed by atoms with E-state index in [1.165, 1.54) is 24.4 Å². The van der Waals surface area contributed by atoms with Gasteiger partial charge in [-0.1, -0.05) is 26.0 Å². The number of carbonyl (C=O) groups is 1. The molecule has 3 aromatic rings. The molecule has 4 rings (SSSR count). The lowest BCUT2D eigenvalue weighted by atomic mass is 9.84. The van der Waals surface area contributed by atoms with Crippen molar-refractivity contribution in [2.24, 2.45) is 5.41 Å². The van der Waals surface area contributed by atoms with Crippen LogP contribution in [0, 0.1) is 11.2 Å². The van der Waals surface area contributed by atoms with Crippen LogP contribution in [-0.4, -0.2) is 30.6 Å². The summed E-state index contributed by atoms with van der Waals surface area (Å²) in [6.07, 6.45) is 1.40. The van der Waals surface area contributed by atoms with Crippen LogP contribution in [0.4, 0.5) is 4.39 Å². The van der Waals surface area contributed by atoms with Crippen LogP contribution in [0.25, 0.3) is 22.6 Å². The molecule has 0 amide bonds. The molecule has 0 aliphatic carbocycles. The molecule has 0 saturated heterocycles. The third-order valence-electron chi connectivity index (χ3n) is 5.09. The quantitative estimate of drug-likeness (QED) is 0.735. The normalized spacial score (nSPS) is 15.8. The van der Waals surface area contributed by atoms with Crippen molar-refractivity contribution in [3.8, 4) is 22.6 Å². The molecule has 1 atom stereocenters. The predicted octanol–water partition coefficient (Wildman–Crippen LogP) is 3.21. The zero-order valence-electron chi connectivity index (χ0n) is 15.7. The van der Waals surface area contributed by atoms with Crippen molar-refractivity contribution < 1.29 is 14.3 Å². The number of nitrogens with zero attached hydrogens (tertiary/aromatic N) is 4. The number of carboxylic acid groups (broad SMARTS) is 1. The van der Waals surface area contributed by atoms with Crippen LogP contribution in [0.1, 0.15) is 37.2 Å². The Hall–Kier alpha value is -3.29. The fourth-order valence-electron chi connectivity index (χ4n) is 3.60. The maximum Gasteiger partial charge on any atom is 0.341 e. The van der Waals surface area contributed by atoms with E-state index in [1.807, 2.05) is 25.3 Å². The van der Waals surface area contributed by atoms with E-state index in [9.17, 15) is 19.1 Å². The number of pyridine rings is 1. The Morgan fingerprint density at radius 2 is 1.93 bits per heavy atom. The molecule has 0 unspecified atom stereocenters. The maximum atomic E-state index is 13.3.